The maximum atomic E-state index is 14.0. The van der Waals surface area contributed by atoms with Crippen LogP contribution in [0.15, 0.2) is 115 Å². The van der Waals surface area contributed by atoms with Crippen molar-refractivity contribution in [3.05, 3.63) is 148 Å². The van der Waals surface area contributed by atoms with E-state index in [1.165, 1.54) is 40.1 Å². The Kier molecular flexibility index (Phi) is 7.57. The van der Waals surface area contributed by atoms with Gasteiger partial charge in [0.25, 0.3) is 11.6 Å². The van der Waals surface area contributed by atoms with Crippen molar-refractivity contribution in [2.75, 3.05) is 26.2 Å². The minimum atomic E-state index is -0.482. The second-order valence-electron chi connectivity index (χ2n) is 10.2. The van der Waals surface area contributed by atoms with Gasteiger partial charge in [-0.1, -0.05) is 66.7 Å². The summed E-state index contributed by atoms with van der Waals surface area (Å²) in [7, 11) is 0. The number of hydrogen-bond donors (Lipinski definition) is 0. The van der Waals surface area contributed by atoms with Crippen LogP contribution in [0.25, 0.3) is 16.9 Å². The van der Waals surface area contributed by atoms with Gasteiger partial charge in [-0.15, -0.1) is 0 Å². The number of carbonyl (C=O) groups is 1. The van der Waals surface area contributed by atoms with Gasteiger partial charge in [0.05, 0.1) is 22.3 Å². The molecule has 0 atom stereocenters. The quantitative estimate of drug-likeness (QED) is 0.176. The van der Waals surface area contributed by atoms with Crippen molar-refractivity contribution < 1.29 is 14.1 Å². The Morgan fingerprint density at radius 2 is 1.40 bits per heavy atom. The number of aromatic nitrogens is 2. The van der Waals surface area contributed by atoms with Crippen LogP contribution in [0.1, 0.15) is 27.7 Å². The van der Waals surface area contributed by atoms with Gasteiger partial charge in [-0.2, -0.15) is 5.10 Å². The summed E-state index contributed by atoms with van der Waals surface area (Å²) >= 11 is 0. The van der Waals surface area contributed by atoms with Crippen LogP contribution in [0.5, 0.6) is 0 Å². The lowest BCUT2D eigenvalue weighted by atomic mass is 9.96. The number of nitrogens with zero attached hydrogens (tertiary/aromatic N) is 5. The summed E-state index contributed by atoms with van der Waals surface area (Å²) < 4.78 is 15.0. The number of carbonyl (C=O) groups excluding carboxylic acids is 1. The van der Waals surface area contributed by atoms with Crippen molar-refractivity contribution >= 4 is 11.6 Å². The third kappa shape index (κ3) is 5.55. The number of nitro groups is 1. The van der Waals surface area contributed by atoms with Crippen molar-refractivity contribution in [3.8, 4) is 16.9 Å². The van der Waals surface area contributed by atoms with Crippen LogP contribution < -0.4 is 0 Å². The molecule has 0 N–H and O–H groups in total. The number of nitro benzene ring substituents is 1. The van der Waals surface area contributed by atoms with E-state index in [4.69, 9.17) is 0 Å². The molecule has 1 aliphatic rings. The predicted octanol–water partition coefficient (Wildman–Crippen LogP) is 6.13. The topological polar surface area (TPSA) is 84.5 Å². The second kappa shape index (κ2) is 11.8. The van der Waals surface area contributed by atoms with E-state index in [0.717, 1.165) is 0 Å². The summed E-state index contributed by atoms with van der Waals surface area (Å²) in [6, 6.07) is 34.3. The number of halogens is 1. The van der Waals surface area contributed by atoms with E-state index in [0.29, 0.717) is 43.1 Å². The summed E-state index contributed by atoms with van der Waals surface area (Å²) in [6.07, 6.45) is 0. The van der Waals surface area contributed by atoms with Gasteiger partial charge in [-0.05, 0) is 47.5 Å². The monoisotopic (exact) mass is 561 g/mol. The smallest absolute Gasteiger partial charge is 0.272 e. The summed E-state index contributed by atoms with van der Waals surface area (Å²) in [5.41, 5.74) is 4.06. The van der Waals surface area contributed by atoms with E-state index in [-0.39, 0.29) is 29.1 Å². The fourth-order valence-corrected chi connectivity index (χ4v) is 5.46. The Labute approximate surface area is 242 Å². The third-order valence-corrected chi connectivity index (χ3v) is 7.55. The van der Waals surface area contributed by atoms with Crippen LogP contribution in [-0.4, -0.2) is 56.6 Å². The predicted molar refractivity (Wildman–Crippen MR) is 158 cm³/mol. The first kappa shape index (κ1) is 27.0. The van der Waals surface area contributed by atoms with Crippen molar-refractivity contribution in [1.29, 1.82) is 0 Å². The largest absolute Gasteiger partial charge is 0.335 e. The molecule has 1 amide bonds. The Hall–Kier alpha value is -5.15. The van der Waals surface area contributed by atoms with Gasteiger partial charge < -0.3 is 4.90 Å². The Bertz CT molecular complexity index is 1660. The molecule has 210 valence electrons. The average Bonchev–Trinajstić information content (AvgIpc) is 3.48. The molecule has 42 heavy (non-hydrogen) atoms. The van der Waals surface area contributed by atoms with E-state index in [1.807, 2.05) is 36.4 Å². The Morgan fingerprint density at radius 3 is 2.00 bits per heavy atom. The number of piperazine rings is 1. The number of amides is 1. The van der Waals surface area contributed by atoms with Crippen LogP contribution in [0.2, 0.25) is 0 Å². The van der Waals surface area contributed by atoms with Gasteiger partial charge in [-0.3, -0.25) is 19.8 Å². The molecule has 0 spiro atoms. The standard InChI is InChI=1S/C33H28FN5O3/c34-27-16-14-24(15-17-27)30-23-31(38(35-30)28-12-7-13-29(22-28)39(41)42)33(40)37-20-18-36(19-21-37)32(25-8-3-1-4-9-25)26-10-5-2-6-11-26/h1-17,22-23,32H,18-21H2. The molecule has 1 aromatic heterocycles. The van der Waals surface area contributed by atoms with Crippen molar-refractivity contribution in [1.82, 2.24) is 19.6 Å². The molecule has 1 saturated heterocycles. The van der Waals surface area contributed by atoms with Crippen molar-refractivity contribution in [3.63, 3.8) is 0 Å². The zero-order chi connectivity index (χ0) is 29.1. The van der Waals surface area contributed by atoms with E-state index < -0.39 is 4.92 Å². The zero-order valence-electron chi connectivity index (χ0n) is 22.7. The lowest BCUT2D eigenvalue weighted by Gasteiger charge is -2.39. The van der Waals surface area contributed by atoms with Crippen LogP contribution in [0.3, 0.4) is 0 Å². The SMILES string of the molecule is O=C(c1cc(-c2ccc(F)cc2)nn1-c1cccc([N+](=O)[O-])c1)N1CCN(C(c2ccccc2)c2ccccc2)CC1. The molecule has 0 aliphatic carbocycles. The first-order valence-electron chi connectivity index (χ1n) is 13.7. The van der Waals surface area contributed by atoms with Crippen LogP contribution >= 0.6 is 0 Å². The number of hydrogen-bond acceptors (Lipinski definition) is 5. The summed E-state index contributed by atoms with van der Waals surface area (Å²) in [4.78, 5) is 29.1. The van der Waals surface area contributed by atoms with Gasteiger partial charge in [0, 0.05) is 43.9 Å². The molecule has 1 aliphatic heterocycles. The molecule has 8 nitrogen and oxygen atoms in total. The highest BCUT2D eigenvalue weighted by Crippen LogP contribution is 2.30. The van der Waals surface area contributed by atoms with Crippen molar-refractivity contribution in [2.45, 2.75) is 6.04 Å². The van der Waals surface area contributed by atoms with E-state index in [9.17, 15) is 19.3 Å². The third-order valence-electron chi connectivity index (χ3n) is 7.55. The van der Waals surface area contributed by atoms with Gasteiger partial charge in [0.15, 0.2) is 0 Å². The Balaban J connectivity index is 1.29. The number of rotatable bonds is 7. The molecule has 6 rings (SSSR count). The van der Waals surface area contributed by atoms with Gasteiger partial charge >= 0.3 is 0 Å². The lowest BCUT2D eigenvalue weighted by Crippen LogP contribution is -2.50. The highest BCUT2D eigenvalue weighted by molar-refractivity contribution is 5.94. The molecule has 2 heterocycles. The van der Waals surface area contributed by atoms with Gasteiger partial charge in [0.1, 0.15) is 11.5 Å². The molecule has 9 heteroatoms. The normalized spacial score (nSPS) is 13.8. The molecule has 0 radical (unpaired) electrons. The highest BCUT2D eigenvalue weighted by Gasteiger charge is 2.30. The molecular formula is C33H28FN5O3. The van der Waals surface area contributed by atoms with Crippen LogP contribution in [0, 0.1) is 15.9 Å². The fourth-order valence-electron chi connectivity index (χ4n) is 5.46. The summed E-state index contributed by atoms with van der Waals surface area (Å²) in [5, 5.41) is 16.1. The molecule has 0 unspecified atom stereocenters. The molecule has 1 fully saturated rings. The molecule has 0 bridgehead atoms. The molecular weight excluding hydrogens is 533 g/mol. The van der Waals surface area contributed by atoms with Crippen LogP contribution in [-0.2, 0) is 0 Å². The van der Waals surface area contributed by atoms with E-state index >= 15 is 0 Å². The fraction of sp³-hybridized carbons (Fsp3) is 0.152. The number of benzene rings is 4. The maximum absolute atomic E-state index is 14.0. The minimum absolute atomic E-state index is 0.0603. The zero-order valence-corrected chi connectivity index (χ0v) is 22.7. The van der Waals surface area contributed by atoms with E-state index in [2.05, 4.69) is 34.3 Å². The summed E-state index contributed by atoms with van der Waals surface area (Å²) in [5.74, 6) is -0.603. The molecule has 4 aromatic carbocycles. The van der Waals surface area contributed by atoms with Gasteiger partial charge in [-0.25, -0.2) is 9.07 Å². The Morgan fingerprint density at radius 1 is 0.786 bits per heavy atom. The lowest BCUT2D eigenvalue weighted by molar-refractivity contribution is -0.384. The maximum Gasteiger partial charge on any atom is 0.272 e. The van der Waals surface area contributed by atoms with E-state index in [1.54, 1.807) is 35.2 Å². The number of non-ortho nitro benzene ring substituents is 1. The first-order valence-corrected chi connectivity index (χ1v) is 13.7. The van der Waals surface area contributed by atoms with Crippen LogP contribution in [0.4, 0.5) is 10.1 Å². The molecule has 0 saturated carbocycles. The highest BCUT2D eigenvalue weighted by atomic mass is 19.1. The molecule has 5 aromatic rings. The van der Waals surface area contributed by atoms with Gasteiger partial charge in [0.2, 0.25) is 0 Å². The first-order chi connectivity index (χ1) is 20.5. The second-order valence-corrected chi connectivity index (χ2v) is 10.2. The van der Waals surface area contributed by atoms with Crippen molar-refractivity contribution in [2.24, 2.45) is 0 Å². The average molecular weight is 562 g/mol. The summed E-state index contributed by atoms with van der Waals surface area (Å²) in [6.45, 7) is 2.33. The minimum Gasteiger partial charge on any atom is -0.335 e.